The van der Waals surface area contributed by atoms with Gasteiger partial charge in [-0.25, -0.2) is 0 Å². The van der Waals surface area contributed by atoms with Crippen LogP contribution in [0.25, 0.3) is 0 Å². The highest BCUT2D eigenvalue weighted by Gasteiger charge is 2.33. The van der Waals surface area contributed by atoms with Crippen molar-refractivity contribution in [2.45, 2.75) is 43.4 Å². The lowest BCUT2D eigenvalue weighted by Crippen LogP contribution is -2.30. The fraction of sp³-hybridized carbons (Fsp3) is 0.400. The van der Waals surface area contributed by atoms with Crippen molar-refractivity contribution < 1.29 is 18.6 Å². The predicted molar refractivity (Wildman–Crippen MR) is 138 cm³/mol. The van der Waals surface area contributed by atoms with E-state index in [-0.39, 0.29) is 11.5 Å². The Bertz CT molecular complexity index is 821. The van der Waals surface area contributed by atoms with Crippen LogP contribution in [-0.4, -0.2) is 49.9 Å². The minimum atomic E-state index is -1.81. The Morgan fingerprint density at radius 2 is 0.906 bits per heavy atom. The van der Waals surface area contributed by atoms with Crippen LogP contribution in [0.4, 0.5) is 0 Å². The zero-order chi connectivity index (χ0) is 24.7. The van der Waals surface area contributed by atoms with Crippen LogP contribution in [-0.2, 0) is 21.6 Å². The smallest absolute Gasteiger partial charge is 0.216 e. The van der Waals surface area contributed by atoms with Gasteiger partial charge in [0.15, 0.2) is 0 Å². The van der Waals surface area contributed by atoms with E-state index in [9.17, 15) is 18.6 Å². The van der Waals surface area contributed by atoms with E-state index in [0.717, 1.165) is 11.1 Å². The van der Waals surface area contributed by atoms with Crippen molar-refractivity contribution in [3.63, 3.8) is 0 Å². The number of aliphatic hydroxyl groups is 2. The average molecular weight is 603 g/mol. The summed E-state index contributed by atoms with van der Waals surface area (Å²) >= 11 is 32.9. The van der Waals surface area contributed by atoms with Crippen LogP contribution in [0.2, 0.25) is 0 Å². The molecule has 0 spiro atoms. The lowest BCUT2D eigenvalue weighted by atomic mass is 10.2. The van der Waals surface area contributed by atoms with Crippen LogP contribution in [0.15, 0.2) is 58.3 Å². The largest absolute Gasteiger partial charge is 0.388 e. The Hall–Kier alpha value is 0.400. The van der Waals surface area contributed by atoms with Crippen LogP contribution in [0, 0.1) is 13.8 Å². The van der Waals surface area contributed by atoms with Crippen LogP contribution in [0.5, 0.6) is 0 Å². The first kappa shape index (κ1) is 30.4. The number of benzene rings is 2. The second kappa shape index (κ2) is 13.5. The molecule has 2 aromatic carbocycles. The van der Waals surface area contributed by atoms with E-state index in [2.05, 4.69) is 0 Å². The lowest BCUT2D eigenvalue weighted by Gasteiger charge is -2.18. The normalized spacial score (nSPS) is 15.8. The summed E-state index contributed by atoms with van der Waals surface area (Å²) in [6.07, 6.45) is -2.50. The van der Waals surface area contributed by atoms with Gasteiger partial charge in [0.25, 0.3) is 0 Å². The van der Waals surface area contributed by atoms with Crippen molar-refractivity contribution in [3.05, 3.63) is 59.7 Å². The first-order chi connectivity index (χ1) is 14.6. The number of aryl methyl sites for hydroxylation is 2. The number of hydrogen-bond donors (Lipinski definition) is 2. The van der Waals surface area contributed by atoms with Gasteiger partial charge in [0.05, 0.1) is 33.1 Å². The monoisotopic (exact) mass is 600 g/mol. The Labute approximate surface area is 223 Å². The Morgan fingerprint density at radius 3 is 1.12 bits per heavy atom. The van der Waals surface area contributed by atoms with Gasteiger partial charge in [0.2, 0.25) is 7.59 Å². The third-order valence-electron chi connectivity index (χ3n) is 3.94. The first-order valence-corrected chi connectivity index (χ1v) is 13.9. The molecule has 0 saturated heterocycles. The third-order valence-corrected chi connectivity index (χ3v) is 8.29. The quantitative estimate of drug-likeness (QED) is 0.418. The molecule has 2 rings (SSSR count). The summed E-state index contributed by atoms with van der Waals surface area (Å²) in [4.78, 5) is 1.22. The summed E-state index contributed by atoms with van der Waals surface area (Å²) in [7, 11) is -2.74. The fourth-order valence-electron chi connectivity index (χ4n) is 2.05. The van der Waals surface area contributed by atoms with Crippen molar-refractivity contribution >= 4 is 91.2 Å². The minimum Gasteiger partial charge on any atom is -0.388 e. The number of alkyl halides is 6. The molecule has 32 heavy (non-hydrogen) atoms. The maximum atomic E-state index is 11.8. The molecule has 12 heteroatoms. The maximum absolute atomic E-state index is 11.8. The Balaban J connectivity index is 0.000000320. The summed E-state index contributed by atoms with van der Waals surface area (Å²) in [5, 5.41) is 19.0. The summed E-state index contributed by atoms with van der Waals surface area (Å²) in [6, 6.07) is 14.3. The summed E-state index contributed by atoms with van der Waals surface area (Å²) in [6.45, 7) is 3.87. The van der Waals surface area contributed by atoms with Gasteiger partial charge >= 0.3 is 0 Å². The molecule has 0 aliphatic heterocycles. The van der Waals surface area contributed by atoms with Gasteiger partial charge in [-0.2, -0.15) is 0 Å². The topological polar surface area (TPSA) is 74.6 Å². The van der Waals surface area contributed by atoms with E-state index < -0.39 is 41.4 Å². The number of hydrogen-bond acceptors (Lipinski definition) is 4. The summed E-state index contributed by atoms with van der Waals surface area (Å²) in [5.41, 5.74) is 2.14. The maximum Gasteiger partial charge on any atom is 0.216 e. The van der Waals surface area contributed by atoms with Crippen LogP contribution >= 0.6 is 69.6 Å². The summed E-state index contributed by atoms with van der Waals surface area (Å²) < 4.78 is 20.0. The highest BCUT2D eigenvalue weighted by atomic mass is 35.6. The van der Waals surface area contributed by atoms with Gasteiger partial charge in [-0.3, -0.25) is 8.42 Å². The Morgan fingerprint density at radius 1 is 0.656 bits per heavy atom. The molecule has 0 aromatic heterocycles. The molecule has 0 aliphatic carbocycles. The van der Waals surface area contributed by atoms with E-state index in [1.165, 1.54) is 0 Å². The van der Waals surface area contributed by atoms with E-state index >= 15 is 0 Å². The standard InChI is InChI=1S/2C10H11Cl3O2S/c2*1-7-2-4-8(5-3-7)16(15)6-9(14)10(11,12)13/h2*2-5,9,14H,6H2,1H3/t2*9-,16-/m11/s1. The van der Waals surface area contributed by atoms with Crippen molar-refractivity contribution in [2.24, 2.45) is 0 Å². The van der Waals surface area contributed by atoms with Gasteiger partial charge < -0.3 is 10.2 Å². The van der Waals surface area contributed by atoms with E-state index in [1.54, 1.807) is 24.3 Å². The van der Waals surface area contributed by atoms with Gasteiger partial charge in [-0.1, -0.05) is 105 Å². The second-order valence-corrected chi connectivity index (χ2v) is 14.5. The zero-order valence-electron chi connectivity index (χ0n) is 17.0. The summed E-state index contributed by atoms with van der Waals surface area (Å²) in [5.74, 6) is -0.195. The van der Waals surface area contributed by atoms with Crippen molar-refractivity contribution in [1.29, 1.82) is 0 Å². The molecular weight excluding hydrogens is 581 g/mol. The highest BCUT2D eigenvalue weighted by Crippen LogP contribution is 2.32. The molecule has 0 amide bonds. The zero-order valence-corrected chi connectivity index (χ0v) is 23.2. The fourth-order valence-corrected chi connectivity index (χ4v) is 5.40. The van der Waals surface area contributed by atoms with E-state index in [1.807, 2.05) is 38.1 Å². The first-order valence-electron chi connectivity index (χ1n) is 9.01. The molecule has 0 heterocycles. The molecule has 0 unspecified atom stereocenters. The van der Waals surface area contributed by atoms with Crippen molar-refractivity contribution in [3.8, 4) is 0 Å². The van der Waals surface area contributed by atoms with Crippen molar-refractivity contribution in [1.82, 2.24) is 0 Å². The van der Waals surface area contributed by atoms with Gasteiger partial charge in [0.1, 0.15) is 12.2 Å². The van der Waals surface area contributed by atoms with Gasteiger partial charge in [-0.05, 0) is 38.1 Å². The Kier molecular flexibility index (Phi) is 12.8. The molecule has 4 atom stereocenters. The molecule has 4 nitrogen and oxygen atoms in total. The van der Waals surface area contributed by atoms with Gasteiger partial charge in [0, 0.05) is 9.79 Å². The third kappa shape index (κ3) is 11.2. The average Bonchev–Trinajstić information content (AvgIpc) is 2.68. The van der Waals surface area contributed by atoms with E-state index in [0.29, 0.717) is 9.79 Å². The van der Waals surface area contributed by atoms with Crippen molar-refractivity contribution in [2.75, 3.05) is 11.5 Å². The van der Waals surface area contributed by atoms with Crippen LogP contribution < -0.4 is 0 Å². The van der Waals surface area contributed by atoms with E-state index in [4.69, 9.17) is 69.6 Å². The number of halogens is 6. The predicted octanol–water partition coefficient (Wildman–Crippen LogP) is 5.67. The molecule has 0 saturated carbocycles. The molecule has 0 aliphatic rings. The molecule has 0 radical (unpaired) electrons. The number of aliphatic hydroxyl groups excluding tert-OH is 2. The molecule has 0 bridgehead atoms. The molecular formula is C20H22Cl6O4S2. The highest BCUT2D eigenvalue weighted by molar-refractivity contribution is 7.85. The van der Waals surface area contributed by atoms with Gasteiger partial charge in [-0.15, -0.1) is 0 Å². The van der Waals surface area contributed by atoms with Crippen LogP contribution in [0.3, 0.4) is 0 Å². The number of rotatable bonds is 6. The molecule has 2 aromatic rings. The minimum absolute atomic E-state index is 0.0977. The second-order valence-electron chi connectivity index (χ2n) is 6.77. The molecule has 180 valence electrons. The molecule has 0 fully saturated rings. The lowest BCUT2D eigenvalue weighted by molar-refractivity contribution is 0.202. The van der Waals surface area contributed by atoms with Crippen LogP contribution in [0.1, 0.15) is 11.1 Å². The SMILES string of the molecule is Cc1ccc([S@](=O)C[C@@H](O)C(Cl)(Cl)Cl)cc1.Cc1ccc([S@](=O)C[C@@H](O)C(Cl)(Cl)Cl)cc1. The molecule has 2 N–H and O–H groups in total.